The van der Waals surface area contributed by atoms with Gasteiger partial charge in [0.2, 0.25) is 5.91 Å². The van der Waals surface area contributed by atoms with Gasteiger partial charge in [-0.15, -0.1) is 0 Å². The van der Waals surface area contributed by atoms with E-state index in [2.05, 4.69) is 26.2 Å². The van der Waals surface area contributed by atoms with Crippen LogP contribution in [0.15, 0.2) is 47.1 Å². The van der Waals surface area contributed by atoms with Gasteiger partial charge < -0.3 is 10.2 Å². The molecule has 0 spiro atoms. The van der Waals surface area contributed by atoms with Gasteiger partial charge in [-0.05, 0) is 49.2 Å². The van der Waals surface area contributed by atoms with Crippen LogP contribution in [-0.4, -0.2) is 23.5 Å². The van der Waals surface area contributed by atoms with Crippen LogP contribution in [0.3, 0.4) is 0 Å². The van der Waals surface area contributed by atoms with Crippen LogP contribution in [0.4, 0.5) is 11.5 Å². The summed E-state index contributed by atoms with van der Waals surface area (Å²) in [6.45, 7) is 2.75. The Morgan fingerprint density at radius 3 is 2.90 bits per heavy atom. The van der Waals surface area contributed by atoms with Gasteiger partial charge in [0.15, 0.2) is 0 Å². The highest BCUT2D eigenvalue weighted by molar-refractivity contribution is 9.10. The number of aromatic nitrogens is 1. The molecule has 21 heavy (non-hydrogen) atoms. The van der Waals surface area contributed by atoms with Crippen molar-refractivity contribution in [3.63, 3.8) is 0 Å². The molecule has 1 aromatic carbocycles. The number of amides is 1. The lowest BCUT2D eigenvalue weighted by Gasteiger charge is -2.18. The van der Waals surface area contributed by atoms with Crippen molar-refractivity contribution in [2.24, 2.45) is 0 Å². The fourth-order valence-electron chi connectivity index (χ4n) is 2.49. The summed E-state index contributed by atoms with van der Waals surface area (Å²) in [5.41, 5.74) is 2.08. The van der Waals surface area contributed by atoms with Crippen LogP contribution in [0.1, 0.15) is 12.0 Å². The maximum atomic E-state index is 12.5. The van der Waals surface area contributed by atoms with Crippen molar-refractivity contribution < 1.29 is 4.79 Å². The predicted octanol–water partition coefficient (Wildman–Crippen LogP) is 3.37. The van der Waals surface area contributed by atoms with E-state index < -0.39 is 0 Å². The van der Waals surface area contributed by atoms with E-state index in [-0.39, 0.29) is 11.9 Å². The third-order valence-electron chi connectivity index (χ3n) is 3.65. The Morgan fingerprint density at radius 1 is 1.33 bits per heavy atom. The molecule has 1 N–H and O–H groups in total. The molecule has 1 saturated heterocycles. The van der Waals surface area contributed by atoms with Crippen LogP contribution in [0.5, 0.6) is 0 Å². The largest absolute Gasteiger partial charge is 0.358 e. The number of nitrogens with zero attached hydrogens (tertiary/aromatic N) is 2. The first-order chi connectivity index (χ1) is 10.1. The lowest BCUT2D eigenvalue weighted by molar-refractivity contribution is -0.117. The summed E-state index contributed by atoms with van der Waals surface area (Å²) in [5.74, 6) is 0.840. The number of halogens is 1. The zero-order chi connectivity index (χ0) is 14.8. The Balaban J connectivity index is 1.75. The van der Waals surface area contributed by atoms with Gasteiger partial charge in [-0.2, -0.15) is 0 Å². The first kappa shape index (κ1) is 14.1. The van der Waals surface area contributed by atoms with Gasteiger partial charge in [-0.3, -0.25) is 4.79 Å². The second-order valence-electron chi connectivity index (χ2n) is 5.12. The van der Waals surface area contributed by atoms with E-state index in [0.29, 0.717) is 0 Å². The molecule has 0 bridgehead atoms. The van der Waals surface area contributed by atoms with E-state index in [0.717, 1.165) is 34.5 Å². The van der Waals surface area contributed by atoms with E-state index in [9.17, 15) is 4.79 Å². The number of carbonyl (C=O) groups excluding carboxylic acids is 1. The summed E-state index contributed by atoms with van der Waals surface area (Å²) in [5, 5.41) is 3.20. The number of rotatable bonds is 3. The number of anilines is 2. The lowest BCUT2D eigenvalue weighted by atomic mass is 10.2. The first-order valence-electron chi connectivity index (χ1n) is 6.90. The van der Waals surface area contributed by atoms with Gasteiger partial charge in [-0.1, -0.05) is 22.0 Å². The van der Waals surface area contributed by atoms with Crippen molar-refractivity contribution in [1.29, 1.82) is 0 Å². The highest BCUT2D eigenvalue weighted by Crippen LogP contribution is 2.27. The fourth-order valence-corrected chi connectivity index (χ4v) is 2.74. The summed E-state index contributed by atoms with van der Waals surface area (Å²) < 4.78 is 1.06. The first-order valence-corrected chi connectivity index (χ1v) is 7.69. The van der Waals surface area contributed by atoms with Crippen LogP contribution >= 0.6 is 15.9 Å². The number of hydrogen-bond donors (Lipinski definition) is 1. The monoisotopic (exact) mass is 345 g/mol. The molecule has 1 aliphatic rings. The molecule has 2 heterocycles. The minimum absolute atomic E-state index is 0.0994. The standard InChI is InChI=1S/C16H16BrN3O/c1-11-10-12(5-6-13(11)17)20-9-7-14(16(20)21)19-15-4-2-3-8-18-15/h2-6,8,10,14H,7,9H2,1H3,(H,18,19). The number of hydrogen-bond acceptors (Lipinski definition) is 3. The average Bonchev–Trinajstić information content (AvgIpc) is 2.84. The number of pyridine rings is 1. The Bertz CT molecular complexity index is 660. The molecule has 5 heteroatoms. The fraction of sp³-hybridized carbons (Fsp3) is 0.250. The van der Waals surface area contributed by atoms with E-state index in [1.54, 1.807) is 6.20 Å². The molecule has 3 rings (SSSR count). The molecule has 0 radical (unpaired) electrons. The highest BCUT2D eigenvalue weighted by Gasteiger charge is 2.32. The molecular weight excluding hydrogens is 330 g/mol. The van der Waals surface area contributed by atoms with Crippen molar-refractivity contribution in [3.05, 3.63) is 52.6 Å². The highest BCUT2D eigenvalue weighted by atomic mass is 79.9. The molecular formula is C16H16BrN3O. The van der Waals surface area contributed by atoms with Gasteiger partial charge in [0.1, 0.15) is 11.9 Å². The third kappa shape index (κ3) is 2.93. The molecule has 108 valence electrons. The van der Waals surface area contributed by atoms with Gasteiger partial charge in [0.05, 0.1) is 0 Å². The normalized spacial score (nSPS) is 18.1. The second-order valence-corrected chi connectivity index (χ2v) is 5.98. The van der Waals surface area contributed by atoms with Crippen LogP contribution < -0.4 is 10.2 Å². The Hall–Kier alpha value is -1.88. The maximum absolute atomic E-state index is 12.5. The van der Waals surface area contributed by atoms with Crippen LogP contribution in [-0.2, 0) is 4.79 Å². The Labute approximate surface area is 132 Å². The van der Waals surface area contributed by atoms with Crippen molar-refractivity contribution in [2.45, 2.75) is 19.4 Å². The Morgan fingerprint density at radius 2 is 2.19 bits per heavy atom. The molecule has 1 unspecified atom stereocenters. The molecule has 2 aromatic rings. The summed E-state index contributed by atoms with van der Waals surface area (Å²) in [7, 11) is 0. The predicted molar refractivity (Wildman–Crippen MR) is 87.5 cm³/mol. The quantitative estimate of drug-likeness (QED) is 0.927. The molecule has 1 aromatic heterocycles. The minimum atomic E-state index is -0.205. The number of nitrogens with one attached hydrogen (secondary N) is 1. The molecule has 1 atom stereocenters. The SMILES string of the molecule is Cc1cc(N2CCC(Nc3ccccn3)C2=O)ccc1Br. The van der Waals surface area contributed by atoms with Gasteiger partial charge >= 0.3 is 0 Å². The van der Waals surface area contributed by atoms with E-state index >= 15 is 0 Å². The lowest BCUT2D eigenvalue weighted by Crippen LogP contribution is -2.33. The second kappa shape index (κ2) is 5.85. The smallest absolute Gasteiger partial charge is 0.249 e. The number of aryl methyl sites for hydroxylation is 1. The van der Waals surface area contributed by atoms with E-state index in [1.165, 1.54) is 0 Å². The van der Waals surface area contributed by atoms with Crippen molar-refractivity contribution >= 4 is 33.3 Å². The minimum Gasteiger partial charge on any atom is -0.358 e. The van der Waals surface area contributed by atoms with Gasteiger partial charge in [-0.25, -0.2) is 4.98 Å². The van der Waals surface area contributed by atoms with Crippen LogP contribution in [0.25, 0.3) is 0 Å². The topological polar surface area (TPSA) is 45.2 Å². The molecule has 4 nitrogen and oxygen atoms in total. The van der Waals surface area contributed by atoms with Crippen LogP contribution in [0.2, 0.25) is 0 Å². The van der Waals surface area contributed by atoms with E-state index in [1.807, 2.05) is 48.2 Å². The summed E-state index contributed by atoms with van der Waals surface area (Å²) >= 11 is 3.49. The van der Waals surface area contributed by atoms with Crippen molar-refractivity contribution in [1.82, 2.24) is 4.98 Å². The summed E-state index contributed by atoms with van der Waals surface area (Å²) in [6, 6.07) is 11.4. The maximum Gasteiger partial charge on any atom is 0.249 e. The van der Waals surface area contributed by atoms with E-state index in [4.69, 9.17) is 0 Å². The zero-order valence-electron chi connectivity index (χ0n) is 11.7. The number of benzene rings is 1. The summed E-state index contributed by atoms with van der Waals surface area (Å²) in [6.07, 6.45) is 2.50. The third-order valence-corrected chi connectivity index (χ3v) is 4.54. The van der Waals surface area contributed by atoms with Crippen molar-refractivity contribution in [3.8, 4) is 0 Å². The molecule has 1 aliphatic heterocycles. The summed E-state index contributed by atoms with van der Waals surface area (Å²) in [4.78, 5) is 18.6. The molecule has 0 aliphatic carbocycles. The average molecular weight is 346 g/mol. The zero-order valence-corrected chi connectivity index (χ0v) is 13.3. The Kier molecular flexibility index (Phi) is 3.92. The molecule has 1 amide bonds. The number of carbonyl (C=O) groups is 1. The molecule has 1 fully saturated rings. The van der Waals surface area contributed by atoms with Gasteiger partial charge in [0, 0.05) is 22.9 Å². The van der Waals surface area contributed by atoms with Crippen molar-refractivity contribution in [2.75, 3.05) is 16.8 Å². The van der Waals surface area contributed by atoms with Crippen LogP contribution in [0, 0.1) is 6.92 Å². The van der Waals surface area contributed by atoms with Gasteiger partial charge in [0.25, 0.3) is 0 Å². The molecule has 0 saturated carbocycles.